The van der Waals surface area contributed by atoms with Gasteiger partial charge in [-0.05, 0) is 39.0 Å². The van der Waals surface area contributed by atoms with Gasteiger partial charge in [0.25, 0.3) is 5.91 Å². The van der Waals surface area contributed by atoms with E-state index in [1.807, 2.05) is 13.8 Å². The van der Waals surface area contributed by atoms with Gasteiger partial charge in [0.05, 0.1) is 19.3 Å². The summed E-state index contributed by atoms with van der Waals surface area (Å²) >= 11 is 0. The maximum atomic E-state index is 12.2. The number of carbonyl (C=O) groups is 1. The summed E-state index contributed by atoms with van der Waals surface area (Å²) in [6, 6.07) is 5.11. The predicted molar refractivity (Wildman–Crippen MR) is 77.4 cm³/mol. The minimum Gasteiger partial charge on any atom is -0.490 e. The molecule has 0 fully saturated rings. The Labute approximate surface area is 120 Å². The molecule has 0 aromatic heterocycles. The summed E-state index contributed by atoms with van der Waals surface area (Å²) in [7, 11) is 1.66. The fourth-order valence-corrected chi connectivity index (χ4v) is 1.88. The summed E-state index contributed by atoms with van der Waals surface area (Å²) in [5.41, 5.74) is 0.514. The van der Waals surface area contributed by atoms with E-state index in [2.05, 4.69) is 0 Å². The van der Waals surface area contributed by atoms with Gasteiger partial charge in [0.1, 0.15) is 0 Å². The zero-order valence-corrected chi connectivity index (χ0v) is 12.5. The minimum absolute atomic E-state index is 0.157. The average molecular weight is 281 g/mol. The van der Waals surface area contributed by atoms with Crippen molar-refractivity contribution >= 4 is 5.91 Å². The molecule has 0 saturated heterocycles. The molecular weight excluding hydrogens is 258 g/mol. The molecule has 1 aromatic rings. The summed E-state index contributed by atoms with van der Waals surface area (Å²) in [4.78, 5) is 13.7. The Bertz CT molecular complexity index is 445. The molecule has 0 aliphatic carbocycles. The van der Waals surface area contributed by atoms with Gasteiger partial charge in [0.2, 0.25) is 0 Å². The van der Waals surface area contributed by atoms with Crippen LogP contribution in [0.15, 0.2) is 18.2 Å². The van der Waals surface area contributed by atoms with Crippen molar-refractivity contribution in [3.05, 3.63) is 23.8 Å². The van der Waals surface area contributed by atoms with Gasteiger partial charge in [-0.2, -0.15) is 0 Å². The first-order valence-corrected chi connectivity index (χ1v) is 6.82. The van der Waals surface area contributed by atoms with Crippen LogP contribution in [0.4, 0.5) is 0 Å². The van der Waals surface area contributed by atoms with Gasteiger partial charge in [0, 0.05) is 19.2 Å². The Morgan fingerprint density at radius 1 is 1.25 bits per heavy atom. The first-order valence-electron chi connectivity index (χ1n) is 6.82. The molecule has 0 aliphatic rings. The highest BCUT2D eigenvalue weighted by atomic mass is 16.5. The highest BCUT2D eigenvalue weighted by Crippen LogP contribution is 2.28. The average Bonchev–Trinajstić information content (AvgIpc) is 2.39. The van der Waals surface area contributed by atoms with Crippen molar-refractivity contribution in [2.24, 2.45) is 0 Å². The van der Waals surface area contributed by atoms with Gasteiger partial charge in [-0.25, -0.2) is 0 Å². The molecule has 1 atom stereocenters. The smallest absolute Gasteiger partial charge is 0.253 e. The third-order valence-electron chi connectivity index (χ3n) is 2.68. The molecule has 1 N–H and O–H groups in total. The number of carbonyl (C=O) groups excluding carboxylic acids is 1. The molecule has 0 heterocycles. The van der Waals surface area contributed by atoms with E-state index < -0.39 is 6.10 Å². The largest absolute Gasteiger partial charge is 0.490 e. The topological polar surface area (TPSA) is 59.0 Å². The van der Waals surface area contributed by atoms with Crippen molar-refractivity contribution in [1.29, 1.82) is 0 Å². The molecule has 20 heavy (non-hydrogen) atoms. The van der Waals surface area contributed by atoms with Crippen LogP contribution in [0.2, 0.25) is 0 Å². The molecule has 1 unspecified atom stereocenters. The Balaban J connectivity index is 2.95. The summed E-state index contributed by atoms with van der Waals surface area (Å²) in [5, 5.41) is 9.33. The molecule has 1 amide bonds. The van der Waals surface area contributed by atoms with E-state index in [0.717, 1.165) is 0 Å². The zero-order valence-electron chi connectivity index (χ0n) is 12.5. The fraction of sp³-hybridized carbons (Fsp3) is 0.533. The maximum Gasteiger partial charge on any atom is 0.253 e. The summed E-state index contributed by atoms with van der Waals surface area (Å²) in [6.45, 7) is 6.75. The van der Waals surface area contributed by atoms with Crippen LogP contribution in [0, 0.1) is 0 Å². The monoisotopic (exact) mass is 281 g/mol. The number of aliphatic hydroxyl groups is 1. The van der Waals surface area contributed by atoms with Crippen LogP contribution < -0.4 is 9.47 Å². The van der Waals surface area contributed by atoms with E-state index >= 15 is 0 Å². The Morgan fingerprint density at radius 3 is 2.40 bits per heavy atom. The van der Waals surface area contributed by atoms with Crippen molar-refractivity contribution in [2.45, 2.75) is 26.9 Å². The zero-order chi connectivity index (χ0) is 15.1. The molecule has 1 aromatic carbocycles. The number of hydrogen-bond acceptors (Lipinski definition) is 4. The summed E-state index contributed by atoms with van der Waals surface area (Å²) < 4.78 is 11.0. The SMILES string of the molecule is CCOc1ccc(C(=O)N(C)CC(C)O)cc1OCC. The normalized spacial score (nSPS) is 11.8. The second-order valence-corrected chi connectivity index (χ2v) is 4.56. The van der Waals surface area contributed by atoms with E-state index in [-0.39, 0.29) is 12.5 Å². The van der Waals surface area contributed by atoms with Gasteiger partial charge < -0.3 is 19.5 Å². The fourth-order valence-electron chi connectivity index (χ4n) is 1.88. The summed E-state index contributed by atoms with van der Waals surface area (Å²) in [5.74, 6) is 1.03. The lowest BCUT2D eigenvalue weighted by Gasteiger charge is -2.19. The van der Waals surface area contributed by atoms with Crippen molar-refractivity contribution in [3.8, 4) is 11.5 Å². The first kappa shape index (κ1) is 16.3. The number of aliphatic hydroxyl groups excluding tert-OH is 1. The molecule has 0 aliphatic heterocycles. The third kappa shape index (κ3) is 4.42. The van der Waals surface area contributed by atoms with Gasteiger partial charge in [-0.1, -0.05) is 0 Å². The lowest BCUT2D eigenvalue weighted by atomic mass is 10.1. The first-order chi connectivity index (χ1) is 9.49. The van der Waals surface area contributed by atoms with E-state index in [9.17, 15) is 9.90 Å². The number of rotatable bonds is 7. The number of ether oxygens (including phenoxy) is 2. The maximum absolute atomic E-state index is 12.2. The van der Waals surface area contributed by atoms with Crippen molar-refractivity contribution < 1.29 is 19.4 Å². The molecule has 5 heteroatoms. The molecule has 0 radical (unpaired) electrons. The highest BCUT2D eigenvalue weighted by molar-refractivity contribution is 5.94. The minimum atomic E-state index is -0.557. The Kier molecular flexibility index (Phi) is 6.31. The number of benzene rings is 1. The van der Waals surface area contributed by atoms with Crippen LogP contribution in [-0.4, -0.2) is 48.8 Å². The standard InChI is InChI=1S/C15H23NO4/c1-5-19-13-8-7-12(9-14(13)20-6-2)15(18)16(4)10-11(3)17/h7-9,11,17H,5-6,10H2,1-4H3. The number of amides is 1. The summed E-state index contributed by atoms with van der Waals surface area (Å²) in [6.07, 6.45) is -0.557. The molecule has 0 saturated carbocycles. The van der Waals surface area contributed by atoms with E-state index in [1.54, 1.807) is 32.2 Å². The van der Waals surface area contributed by atoms with Crippen LogP contribution in [0.1, 0.15) is 31.1 Å². The number of likely N-dealkylation sites (N-methyl/N-ethyl adjacent to an activating group) is 1. The lowest BCUT2D eigenvalue weighted by Crippen LogP contribution is -2.33. The van der Waals surface area contributed by atoms with Crippen LogP contribution in [0.25, 0.3) is 0 Å². The molecule has 1 rings (SSSR count). The number of hydrogen-bond donors (Lipinski definition) is 1. The molecule has 0 spiro atoms. The van der Waals surface area contributed by atoms with Crippen molar-refractivity contribution in [3.63, 3.8) is 0 Å². The van der Waals surface area contributed by atoms with Gasteiger partial charge in [0.15, 0.2) is 11.5 Å². The second-order valence-electron chi connectivity index (χ2n) is 4.56. The van der Waals surface area contributed by atoms with E-state index in [4.69, 9.17) is 9.47 Å². The van der Waals surface area contributed by atoms with E-state index in [0.29, 0.717) is 30.3 Å². The van der Waals surface area contributed by atoms with Gasteiger partial charge >= 0.3 is 0 Å². The van der Waals surface area contributed by atoms with Crippen LogP contribution in [0.3, 0.4) is 0 Å². The lowest BCUT2D eigenvalue weighted by molar-refractivity contribution is 0.0703. The number of nitrogens with zero attached hydrogens (tertiary/aromatic N) is 1. The van der Waals surface area contributed by atoms with Crippen LogP contribution in [-0.2, 0) is 0 Å². The van der Waals surface area contributed by atoms with Crippen molar-refractivity contribution in [2.75, 3.05) is 26.8 Å². The van der Waals surface area contributed by atoms with Crippen LogP contribution in [0.5, 0.6) is 11.5 Å². The predicted octanol–water partition coefficient (Wildman–Crippen LogP) is 1.94. The third-order valence-corrected chi connectivity index (χ3v) is 2.68. The molecule has 5 nitrogen and oxygen atoms in total. The molecule has 112 valence electrons. The second kappa shape index (κ2) is 7.75. The quantitative estimate of drug-likeness (QED) is 0.829. The van der Waals surface area contributed by atoms with Gasteiger partial charge in [-0.15, -0.1) is 0 Å². The van der Waals surface area contributed by atoms with Crippen molar-refractivity contribution in [1.82, 2.24) is 4.90 Å². The molecule has 0 bridgehead atoms. The highest BCUT2D eigenvalue weighted by Gasteiger charge is 2.16. The molecular formula is C15H23NO4. The van der Waals surface area contributed by atoms with Gasteiger partial charge in [-0.3, -0.25) is 4.79 Å². The Hall–Kier alpha value is -1.75. The van der Waals surface area contributed by atoms with Crippen LogP contribution >= 0.6 is 0 Å². The van der Waals surface area contributed by atoms with E-state index in [1.165, 1.54) is 4.90 Å². The Morgan fingerprint density at radius 2 is 1.85 bits per heavy atom.